The molecule has 2 aromatic carbocycles. The predicted molar refractivity (Wildman–Crippen MR) is 103 cm³/mol. The molecule has 1 heterocycles. The molecule has 1 atom stereocenters. The molecule has 0 radical (unpaired) electrons. The molecule has 0 aliphatic carbocycles. The van der Waals surface area contributed by atoms with Gasteiger partial charge in [-0.05, 0) is 53.2 Å². The summed E-state index contributed by atoms with van der Waals surface area (Å²) >= 11 is 6.85. The van der Waals surface area contributed by atoms with Crippen LogP contribution >= 0.6 is 23.4 Å². The number of ether oxygens (including phenoxy) is 1. The van der Waals surface area contributed by atoms with Gasteiger partial charge in [0.05, 0.1) is 4.91 Å². The van der Waals surface area contributed by atoms with Gasteiger partial charge in [-0.15, -0.1) is 0 Å². The molecule has 0 unspecified atom stereocenters. The molecule has 26 heavy (non-hydrogen) atoms. The van der Waals surface area contributed by atoms with Gasteiger partial charge in [-0.2, -0.15) is 0 Å². The van der Waals surface area contributed by atoms with Crippen LogP contribution in [0.5, 0.6) is 5.75 Å². The molecule has 1 saturated heterocycles. The molecule has 5 nitrogen and oxygen atoms in total. The van der Waals surface area contributed by atoms with E-state index in [0.717, 1.165) is 29.2 Å². The first-order valence-electron chi connectivity index (χ1n) is 7.76. The number of carbonyl (C=O) groups is 2. The summed E-state index contributed by atoms with van der Waals surface area (Å²) in [5.74, 6) is -0.0658. The largest absolute Gasteiger partial charge is 0.492 e. The van der Waals surface area contributed by atoms with Crippen molar-refractivity contribution in [3.63, 3.8) is 0 Å². The number of hydrogen-bond donors (Lipinski definition) is 1. The third-order valence-corrected chi connectivity index (χ3v) is 4.75. The van der Waals surface area contributed by atoms with Crippen LogP contribution in [0.3, 0.4) is 0 Å². The molecule has 0 saturated carbocycles. The maximum absolute atomic E-state index is 11.5. The molecule has 7 heteroatoms. The molecule has 2 N–H and O–H groups in total. The Kier molecular flexibility index (Phi) is 5.75. The number of rotatable bonds is 6. The SMILES string of the molecule is O=C1NC(=O)/C(=C/c2ccc(OC[C@@H](C=[OH+])c3cccc(Cl)c3)cc2)S1. The third kappa shape index (κ3) is 4.53. The lowest BCUT2D eigenvalue weighted by atomic mass is 10.0. The molecular weight excluding hydrogens is 374 g/mol. The summed E-state index contributed by atoms with van der Waals surface area (Å²) in [7, 11) is 0. The van der Waals surface area contributed by atoms with E-state index in [0.29, 0.717) is 15.7 Å². The Morgan fingerprint density at radius 2 is 1.96 bits per heavy atom. The maximum Gasteiger partial charge on any atom is 0.292 e. The Balaban J connectivity index is 1.64. The van der Waals surface area contributed by atoms with E-state index in [2.05, 4.69) is 5.32 Å². The standard InChI is InChI=1S/C19H14ClNO4S/c20-15-3-1-2-13(9-15)14(10-22)11-25-16-6-4-12(5-7-16)8-17-18(23)21-19(24)26-17/h1-10,14H,11H2,(H,21,23,24)/p+1/b17-8-/t14-/m1/s1. The molecule has 132 valence electrons. The van der Waals surface area contributed by atoms with E-state index in [1.54, 1.807) is 42.5 Å². The molecule has 3 rings (SSSR count). The smallest absolute Gasteiger partial charge is 0.292 e. The highest BCUT2D eigenvalue weighted by molar-refractivity contribution is 8.18. The van der Waals surface area contributed by atoms with Crippen molar-refractivity contribution >= 4 is 46.9 Å². The minimum Gasteiger partial charge on any atom is -0.492 e. The van der Waals surface area contributed by atoms with E-state index in [9.17, 15) is 14.4 Å². The number of halogens is 1. The van der Waals surface area contributed by atoms with Gasteiger partial charge in [-0.3, -0.25) is 19.7 Å². The highest BCUT2D eigenvalue weighted by Crippen LogP contribution is 2.26. The zero-order chi connectivity index (χ0) is 18.5. The molecule has 1 aliphatic heterocycles. The van der Waals surface area contributed by atoms with Crippen LogP contribution in [0.4, 0.5) is 4.79 Å². The van der Waals surface area contributed by atoms with Crippen molar-refractivity contribution < 1.29 is 19.1 Å². The quantitative estimate of drug-likeness (QED) is 0.461. The molecule has 0 aromatic heterocycles. The number of imide groups is 1. The van der Waals surface area contributed by atoms with Gasteiger partial charge in [0.1, 0.15) is 18.3 Å². The van der Waals surface area contributed by atoms with E-state index in [-0.39, 0.29) is 23.7 Å². The summed E-state index contributed by atoms with van der Waals surface area (Å²) in [6.45, 7) is 0.254. The van der Waals surface area contributed by atoms with Gasteiger partial charge >= 0.3 is 0 Å². The number of thioether (sulfide) groups is 1. The van der Waals surface area contributed by atoms with Crippen molar-refractivity contribution in [3.8, 4) is 5.75 Å². The number of benzene rings is 2. The average Bonchev–Trinajstić information content (AvgIpc) is 2.94. The van der Waals surface area contributed by atoms with E-state index in [1.165, 1.54) is 0 Å². The molecule has 2 amide bonds. The summed E-state index contributed by atoms with van der Waals surface area (Å²) in [6.07, 6.45) is 2.72. The van der Waals surface area contributed by atoms with Crippen LogP contribution in [-0.2, 0) is 4.79 Å². The van der Waals surface area contributed by atoms with Crippen LogP contribution in [0.2, 0.25) is 5.02 Å². The van der Waals surface area contributed by atoms with E-state index in [1.807, 2.05) is 12.1 Å². The van der Waals surface area contributed by atoms with Crippen molar-refractivity contribution in [2.75, 3.05) is 6.61 Å². The molecule has 0 spiro atoms. The van der Waals surface area contributed by atoms with Crippen molar-refractivity contribution in [1.29, 1.82) is 0 Å². The van der Waals surface area contributed by atoms with Crippen molar-refractivity contribution in [2.45, 2.75) is 5.92 Å². The van der Waals surface area contributed by atoms with Crippen LogP contribution in [-0.4, -0.2) is 28.8 Å². The monoisotopic (exact) mass is 388 g/mol. The van der Waals surface area contributed by atoms with Crippen molar-refractivity contribution in [1.82, 2.24) is 5.32 Å². The topological polar surface area (TPSA) is 76.8 Å². The number of aldehydes is 1. The van der Waals surface area contributed by atoms with Gasteiger partial charge in [-0.25, -0.2) is 0 Å². The average molecular weight is 389 g/mol. The van der Waals surface area contributed by atoms with Crippen molar-refractivity contribution in [3.05, 3.63) is 69.6 Å². The third-order valence-electron chi connectivity index (χ3n) is 3.71. The fourth-order valence-corrected chi connectivity index (χ4v) is 3.26. The number of amides is 2. The Morgan fingerprint density at radius 3 is 2.58 bits per heavy atom. The van der Waals surface area contributed by atoms with Gasteiger partial charge < -0.3 is 4.74 Å². The zero-order valence-electron chi connectivity index (χ0n) is 13.5. The van der Waals surface area contributed by atoms with Gasteiger partial charge in [0.15, 0.2) is 0 Å². The van der Waals surface area contributed by atoms with Crippen LogP contribution in [0, 0.1) is 0 Å². The van der Waals surface area contributed by atoms with Gasteiger partial charge in [-0.1, -0.05) is 35.9 Å². The lowest BCUT2D eigenvalue weighted by Gasteiger charge is -2.11. The summed E-state index contributed by atoms with van der Waals surface area (Å²) in [5, 5.41) is 2.44. The second-order valence-corrected chi connectivity index (χ2v) is 6.99. The predicted octanol–water partition coefficient (Wildman–Crippen LogP) is 4.00. The highest BCUT2D eigenvalue weighted by atomic mass is 35.5. The first-order valence-corrected chi connectivity index (χ1v) is 8.95. The lowest BCUT2D eigenvalue weighted by molar-refractivity contribution is -0.115. The maximum atomic E-state index is 11.5. The molecule has 0 bridgehead atoms. The second-order valence-electron chi connectivity index (χ2n) is 5.54. The van der Waals surface area contributed by atoms with Crippen LogP contribution in [0.25, 0.3) is 6.08 Å². The summed E-state index contributed by atoms with van der Waals surface area (Å²) < 4.78 is 5.72. The minimum absolute atomic E-state index is 0.254. The van der Waals surface area contributed by atoms with E-state index < -0.39 is 0 Å². The zero-order valence-corrected chi connectivity index (χ0v) is 15.1. The molecular formula is C19H15ClNO4S+. The number of hydrogen-bond acceptors (Lipinski definition) is 4. The van der Waals surface area contributed by atoms with Gasteiger partial charge in [0.25, 0.3) is 17.4 Å². The molecule has 1 fully saturated rings. The Hall–Kier alpha value is -2.57. The highest BCUT2D eigenvalue weighted by Gasteiger charge is 2.24. The van der Waals surface area contributed by atoms with Crippen molar-refractivity contribution in [2.24, 2.45) is 0 Å². The number of nitrogens with one attached hydrogen (secondary N) is 1. The van der Waals surface area contributed by atoms with Gasteiger partial charge in [0, 0.05) is 5.02 Å². The van der Waals surface area contributed by atoms with Crippen LogP contribution in [0.15, 0.2) is 53.4 Å². The van der Waals surface area contributed by atoms with Crippen LogP contribution in [0.1, 0.15) is 17.0 Å². The Labute approximate surface area is 159 Å². The summed E-state index contributed by atoms with van der Waals surface area (Å²) in [4.78, 5) is 32.5. The molecule has 1 aliphatic rings. The normalized spacial score (nSPS) is 16.4. The first kappa shape index (κ1) is 18.2. The fraction of sp³-hybridized carbons (Fsp3) is 0.105. The first-order chi connectivity index (χ1) is 12.5. The summed E-state index contributed by atoms with van der Waals surface area (Å²) in [5.41, 5.74) is 1.64. The Morgan fingerprint density at radius 1 is 1.19 bits per heavy atom. The van der Waals surface area contributed by atoms with E-state index >= 15 is 0 Å². The summed E-state index contributed by atoms with van der Waals surface area (Å²) in [6, 6.07) is 14.3. The minimum atomic E-state index is -0.386. The Bertz CT molecular complexity index is 879. The number of carbonyl (C=O) groups excluding carboxylic acids is 3. The lowest BCUT2D eigenvalue weighted by Crippen LogP contribution is -2.17. The molecule has 2 aromatic rings. The van der Waals surface area contributed by atoms with E-state index in [4.69, 9.17) is 16.3 Å². The van der Waals surface area contributed by atoms with Crippen LogP contribution < -0.4 is 10.1 Å². The van der Waals surface area contributed by atoms with Gasteiger partial charge in [0.2, 0.25) is 0 Å². The second kappa shape index (κ2) is 8.21. The fourth-order valence-electron chi connectivity index (χ4n) is 2.38.